The number of rotatable bonds is 1. The average Bonchev–Trinajstić information content (AvgIpc) is 1.88. The van der Waals surface area contributed by atoms with Gasteiger partial charge in [0.1, 0.15) is 0 Å². The molecule has 1 nitrogen and oxygen atoms in total. The van der Waals surface area contributed by atoms with Crippen LogP contribution in [0.2, 0.25) is 0 Å². The van der Waals surface area contributed by atoms with Crippen molar-refractivity contribution < 1.29 is 0 Å². The van der Waals surface area contributed by atoms with Gasteiger partial charge in [-0.25, -0.2) is 0 Å². The summed E-state index contributed by atoms with van der Waals surface area (Å²) < 4.78 is 0. The molecule has 0 aliphatic carbocycles. The van der Waals surface area contributed by atoms with Crippen molar-refractivity contribution in [3.8, 4) is 0 Å². The Labute approximate surface area is 63.5 Å². The molecule has 1 aliphatic heterocycles. The Morgan fingerprint density at radius 3 is 2.70 bits per heavy atom. The zero-order valence-electron chi connectivity index (χ0n) is 6.98. The molecule has 1 fully saturated rings. The van der Waals surface area contributed by atoms with Gasteiger partial charge in [0.2, 0.25) is 0 Å². The molecule has 1 heteroatoms. The predicted molar refractivity (Wildman–Crippen MR) is 44.7 cm³/mol. The van der Waals surface area contributed by atoms with Gasteiger partial charge in [-0.05, 0) is 18.8 Å². The summed E-state index contributed by atoms with van der Waals surface area (Å²) >= 11 is 0. The fourth-order valence-corrected chi connectivity index (χ4v) is 1.61. The molecule has 0 spiro atoms. The summed E-state index contributed by atoms with van der Waals surface area (Å²) in [5, 5.41) is 3.32. The first-order valence-electron chi connectivity index (χ1n) is 4.14. The summed E-state index contributed by atoms with van der Waals surface area (Å²) in [5.74, 6) is 1.47. The summed E-state index contributed by atoms with van der Waals surface area (Å²) in [5.41, 5.74) is 1.25. The van der Waals surface area contributed by atoms with E-state index in [0.717, 1.165) is 12.5 Å². The second kappa shape index (κ2) is 3.09. The molecular formula is C9H17N. The van der Waals surface area contributed by atoms with Crippen LogP contribution in [0, 0.1) is 11.8 Å². The van der Waals surface area contributed by atoms with Crippen LogP contribution in [0.4, 0.5) is 0 Å². The molecule has 1 N–H and O–H groups in total. The van der Waals surface area contributed by atoms with Crippen LogP contribution >= 0.6 is 0 Å². The maximum absolute atomic E-state index is 4.01. The summed E-state index contributed by atoms with van der Waals surface area (Å²) in [6, 6.07) is 0. The van der Waals surface area contributed by atoms with Crippen LogP contribution in [0.1, 0.15) is 26.7 Å². The Morgan fingerprint density at radius 1 is 1.60 bits per heavy atom. The van der Waals surface area contributed by atoms with Gasteiger partial charge in [-0.3, -0.25) is 0 Å². The normalized spacial score (nSPS) is 26.7. The second-order valence-corrected chi connectivity index (χ2v) is 3.44. The fourth-order valence-electron chi connectivity index (χ4n) is 1.61. The third-order valence-electron chi connectivity index (χ3n) is 2.30. The Balaban J connectivity index is 2.48. The van der Waals surface area contributed by atoms with Gasteiger partial charge in [0.15, 0.2) is 0 Å². The molecule has 58 valence electrons. The molecule has 1 heterocycles. The van der Waals surface area contributed by atoms with Gasteiger partial charge < -0.3 is 5.32 Å². The van der Waals surface area contributed by atoms with Crippen molar-refractivity contribution in [2.45, 2.75) is 26.7 Å². The average molecular weight is 139 g/mol. The Morgan fingerprint density at radius 2 is 2.30 bits per heavy atom. The molecule has 0 saturated carbocycles. The van der Waals surface area contributed by atoms with E-state index in [4.69, 9.17) is 0 Å². The second-order valence-electron chi connectivity index (χ2n) is 3.44. The fraction of sp³-hybridized carbons (Fsp3) is 0.778. The molecule has 1 atom stereocenters. The van der Waals surface area contributed by atoms with E-state index in [1.54, 1.807) is 0 Å². The summed E-state index contributed by atoms with van der Waals surface area (Å²) in [4.78, 5) is 0. The lowest BCUT2D eigenvalue weighted by Crippen LogP contribution is -2.29. The molecule has 0 unspecified atom stereocenters. The summed E-state index contributed by atoms with van der Waals surface area (Å²) in [6.45, 7) is 9.67. The smallest absolute Gasteiger partial charge is 0.0144 e. The van der Waals surface area contributed by atoms with Gasteiger partial charge in [-0.2, -0.15) is 0 Å². The Kier molecular flexibility index (Phi) is 2.36. The van der Waals surface area contributed by atoms with Crippen molar-refractivity contribution in [1.82, 2.24) is 5.32 Å². The van der Waals surface area contributed by atoms with Gasteiger partial charge >= 0.3 is 0 Å². The Bertz CT molecular complexity index is 127. The van der Waals surface area contributed by atoms with Crippen molar-refractivity contribution in [3.05, 3.63) is 12.3 Å². The number of piperidine rings is 1. The first-order valence-corrected chi connectivity index (χ1v) is 4.14. The number of hydrogen-bond donors (Lipinski definition) is 1. The minimum Gasteiger partial charge on any atom is -0.389 e. The largest absolute Gasteiger partial charge is 0.389 e. The van der Waals surface area contributed by atoms with Crippen molar-refractivity contribution in [1.29, 1.82) is 0 Å². The molecule has 0 amide bonds. The van der Waals surface area contributed by atoms with E-state index in [-0.39, 0.29) is 0 Å². The van der Waals surface area contributed by atoms with Crippen LogP contribution in [0.15, 0.2) is 12.3 Å². The van der Waals surface area contributed by atoms with Crippen molar-refractivity contribution >= 4 is 0 Å². The van der Waals surface area contributed by atoms with Crippen molar-refractivity contribution in [2.75, 3.05) is 6.54 Å². The van der Waals surface area contributed by atoms with Crippen LogP contribution < -0.4 is 5.32 Å². The van der Waals surface area contributed by atoms with Crippen LogP contribution in [0.5, 0.6) is 0 Å². The minimum absolute atomic E-state index is 0.716. The molecule has 1 rings (SSSR count). The van der Waals surface area contributed by atoms with Crippen molar-refractivity contribution in [2.24, 2.45) is 11.8 Å². The van der Waals surface area contributed by atoms with Crippen LogP contribution in [-0.4, -0.2) is 6.54 Å². The van der Waals surface area contributed by atoms with Gasteiger partial charge in [-0.1, -0.05) is 20.4 Å². The molecule has 1 aliphatic rings. The third kappa shape index (κ3) is 1.53. The summed E-state index contributed by atoms with van der Waals surface area (Å²) in [7, 11) is 0. The topological polar surface area (TPSA) is 12.0 Å². The standard InChI is InChI=1S/C9H17N/c1-7(2)9-5-4-6-10-8(9)3/h7,9-10H,3-6H2,1-2H3/t9-/m0/s1. The number of hydrogen-bond acceptors (Lipinski definition) is 1. The van der Waals surface area contributed by atoms with E-state index in [9.17, 15) is 0 Å². The van der Waals surface area contributed by atoms with Gasteiger partial charge in [0.05, 0.1) is 0 Å². The first kappa shape index (κ1) is 7.64. The van der Waals surface area contributed by atoms with E-state index in [1.165, 1.54) is 18.5 Å². The zero-order valence-corrected chi connectivity index (χ0v) is 6.98. The highest BCUT2D eigenvalue weighted by molar-refractivity contribution is 5.01. The molecule has 10 heavy (non-hydrogen) atoms. The van der Waals surface area contributed by atoms with Crippen LogP contribution in [0.25, 0.3) is 0 Å². The Hall–Kier alpha value is -0.460. The zero-order chi connectivity index (χ0) is 7.56. The lowest BCUT2D eigenvalue weighted by atomic mass is 9.86. The van der Waals surface area contributed by atoms with Gasteiger partial charge in [0.25, 0.3) is 0 Å². The van der Waals surface area contributed by atoms with E-state index < -0.39 is 0 Å². The van der Waals surface area contributed by atoms with Gasteiger partial charge in [-0.15, -0.1) is 0 Å². The molecule has 0 aromatic rings. The van der Waals surface area contributed by atoms with E-state index >= 15 is 0 Å². The quantitative estimate of drug-likeness (QED) is 0.587. The van der Waals surface area contributed by atoms with Gasteiger partial charge in [0, 0.05) is 18.2 Å². The van der Waals surface area contributed by atoms with Crippen molar-refractivity contribution in [3.63, 3.8) is 0 Å². The maximum Gasteiger partial charge on any atom is 0.0144 e. The highest BCUT2D eigenvalue weighted by Gasteiger charge is 2.19. The SMILES string of the molecule is C=C1NCCC[C@H]1C(C)C. The molecular weight excluding hydrogens is 122 g/mol. The number of nitrogens with one attached hydrogen (secondary N) is 1. The molecule has 0 aromatic carbocycles. The highest BCUT2D eigenvalue weighted by Crippen LogP contribution is 2.25. The maximum atomic E-state index is 4.01. The monoisotopic (exact) mass is 139 g/mol. The summed E-state index contributed by atoms with van der Waals surface area (Å²) in [6.07, 6.45) is 2.63. The minimum atomic E-state index is 0.716. The van der Waals surface area contributed by atoms with Crippen LogP contribution in [0.3, 0.4) is 0 Å². The number of allylic oxidation sites excluding steroid dienone is 1. The lowest BCUT2D eigenvalue weighted by Gasteiger charge is -2.28. The highest BCUT2D eigenvalue weighted by atomic mass is 14.9. The molecule has 0 radical (unpaired) electrons. The van der Waals surface area contributed by atoms with E-state index in [0.29, 0.717) is 5.92 Å². The van der Waals surface area contributed by atoms with Crippen LogP contribution in [-0.2, 0) is 0 Å². The molecule has 0 aromatic heterocycles. The third-order valence-corrected chi connectivity index (χ3v) is 2.30. The molecule has 1 saturated heterocycles. The van der Waals surface area contributed by atoms with E-state index in [2.05, 4.69) is 25.7 Å². The van der Waals surface area contributed by atoms with E-state index in [1.807, 2.05) is 0 Å². The predicted octanol–water partition coefficient (Wildman–Crippen LogP) is 2.16. The first-order chi connectivity index (χ1) is 4.72. The lowest BCUT2D eigenvalue weighted by molar-refractivity contribution is 0.351. The molecule has 0 bridgehead atoms.